The van der Waals surface area contributed by atoms with E-state index < -0.39 is 28.8 Å². The van der Waals surface area contributed by atoms with Crippen molar-refractivity contribution in [3.05, 3.63) is 101 Å². The van der Waals surface area contributed by atoms with Crippen LogP contribution in [-0.2, 0) is 12.1 Å². The van der Waals surface area contributed by atoms with Gasteiger partial charge in [-0.3, -0.25) is 4.79 Å². The Labute approximate surface area is 191 Å². The third kappa shape index (κ3) is 3.65. The molecular formula is C23H19F2N7O2. The standard InChI is InChI=1S/C23H19F2N7O2/c1-15(23(34,12-30-14-26-13-28-30)19-8-7-17(24)9-20(19)25)32-22(33)21-16(10-27-32)11-31(29-21)18-5-3-2-4-6-18/h2-11,13-15,34H,12H2,1H3/t15-,23-/m1/s1. The maximum atomic E-state index is 14.8. The molecule has 2 atom stereocenters. The first-order valence-electron chi connectivity index (χ1n) is 10.4. The van der Waals surface area contributed by atoms with Crippen molar-refractivity contribution in [2.24, 2.45) is 0 Å². The molecule has 0 bridgehead atoms. The molecule has 0 amide bonds. The zero-order valence-corrected chi connectivity index (χ0v) is 18.0. The lowest BCUT2D eigenvalue weighted by Crippen LogP contribution is -2.44. The number of nitrogens with zero attached hydrogens (tertiary/aromatic N) is 7. The molecule has 5 aromatic rings. The van der Waals surface area contributed by atoms with E-state index >= 15 is 0 Å². The molecule has 0 saturated carbocycles. The summed E-state index contributed by atoms with van der Waals surface area (Å²) in [6.07, 6.45) is 5.74. The minimum Gasteiger partial charge on any atom is -0.381 e. The van der Waals surface area contributed by atoms with Crippen LogP contribution < -0.4 is 5.56 Å². The van der Waals surface area contributed by atoms with Crippen LogP contribution in [0.1, 0.15) is 18.5 Å². The Kier molecular flexibility index (Phi) is 5.25. The van der Waals surface area contributed by atoms with Gasteiger partial charge in [0.2, 0.25) is 0 Å². The van der Waals surface area contributed by atoms with Gasteiger partial charge >= 0.3 is 0 Å². The molecule has 172 valence electrons. The fourth-order valence-electron chi connectivity index (χ4n) is 3.97. The number of aromatic nitrogens is 7. The molecule has 0 aliphatic carbocycles. The number of halogens is 2. The van der Waals surface area contributed by atoms with E-state index in [1.165, 1.54) is 30.5 Å². The Hall–Kier alpha value is -4.25. The van der Waals surface area contributed by atoms with Crippen LogP contribution >= 0.6 is 0 Å². The predicted octanol–water partition coefficient (Wildman–Crippen LogP) is 2.60. The second-order valence-electron chi connectivity index (χ2n) is 7.92. The lowest BCUT2D eigenvalue weighted by molar-refractivity contribution is -0.0382. The van der Waals surface area contributed by atoms with E-state index in [1.54, 1.807) is 10.9 Å². The Bertz CT molecular complexity index is 1520. The first-order chi connectivity index (χ1) is 16.4. The number of benzene rings is 2. The van der Waals surface area contributed by atoms with Crippen LogP contribution in [0.2, 0.25) is 0 Å². The van der Waals surface area contributed by atoms with Gasteiger partial charge in [0, 0.05) is 23.2 Å². The van der Waals surface area contributed by atoms with E-state index in [9.17, 15) is 18.7 Å². The molecule has 0 aliphatic rings. The maximum absolute atomic E-state index is 14.8. The van der Waals surface area contributed by atoms with E-state index in [-0.39, 0.29) is 17.6 Å². The summed E-state index contributed by atoms with van der Waals surface area (Å²) in [5.74, 6) is -1.75. The fourth-order valence-corrected chi connectivity index (χ4v) is 3.97. The van der Waals surface area contributed by atoms with Gasteiger partial charge in [-0.05, 0) is 25.1 Å². The van der Waals surface area contributed by atoms with E-state index in [2.05, 4.69) is 20.3 Å². The molecule has 11 heteroatoms. The van der Waals surface area contributed by atoms with Gasteiger partial charge in [0.05, 0.1) is 24.5 Å². The van der Waals surface area contributed by atoms with Crippen molar-refractivity contribution in [3.63, 3.8) is 0 Å². The van der Waals surface area contributed by atoms with Gasteiger partial charge in [0.1, 0.15) is 29.9 Å². The van der Waals surface area contributed by atoms with Gasteiger partial charge in [-0.2, -0.15) is 15.3 Å². The summed E-state index contributed by atoms with van der Waals surface area (Å²) < 4.78 is 32.3. The van der Waals surface area contributed by atoms with Crippen LogP contribution in [0.4, 0.5) is 8.78 Å². The zero-order chi connectivity index (χ0) is 23.9. The summed E-state index contributed by atoms with van der Waals surface area (Å²) in [5, 5.41) is 24.9. The minimum absolute atomic E-state index is 0.133. The third-order valence-electron chi connectivity index (χ3n) is 5.82. The van der Waals surface area contributed by atoms with Crippen LogP contribution in [0.5, 0.6) is 0 Å². The summed E-state index contributed by atoms with van der Waals surface area (Å²) in [5.41, 5.74) is -1.92. The first-order valence-corrected chi connectivity index (χ1v) is 10.4. The predicted molar refractivity (Wildman–Crippen MR) is 118 cm³/mol. The monoisotopic (exact) mass is 463 g/mol. The van der Waals surface area contributed by atoms with Gasteiger partial charge in [0.25, 0.3) is 5.56 Å². The molecular weight excluding hydrogens is 444 g/mol. The highest BCUT2D eigenvalue weighted by Crippen LogP contribution is 2.36. The zero-order valence-electron chi connectivity index (χ0n) is 18.0. The maximum Gasteiger partial charge on any atom is 0.295 e. The van der Waals surface area contributed by atoms with Crippen LogP contribution in [0.25, 0.3) is 16.6 Å². The molecule has 0 aliphatic heterocycles. The van der Waals surface area contributed by atoms with E-state index in [0.29, 0.717) is 11.5 Å². The number of hydrogen-bond acceptors (Lipinski definition) is 6. The van der Waals surface area contributed by atoms with Crippen molar-refractivity contribution in [2.45, 2.75) is 25.1 Å². The van der Waals surface area contributed by atoms with E-state index in [0.717, 1.165) is 22.5 Å². The number of para-hydroxylation sites is 1. The molecule has 0 radical (unpaired) electrons. The Balaban J connectivity index is 1.63. The highest BCUT2D eigenvalue weighted by molar-refractivity contribution is 5.76. The average molecular weight is 463 g/mol. The summed E-state index contributed by atoms with van der Waals surface area (Å²) in [6, 6.07) is 11.0. The summed E-state index contributed by atoms with van der Waals surface area (Å²) in [7, 11) is 0. The number of fused-ring (bicyclic) bond motifs is 1. The van der Waals surface area contributed by atoms with Gasteiger partial charge in [0.15, 0.2) is 5.52 Å². The second kappa shape index (κ2) is 8.27. The van der Waals surface area contributed by atoms with Crippen molar-refractivity contribution in [2.75, 3.05) is 0 Å². The second-order valence-corrected chi connectivity index (χ2v) is 7.92. The van der Waals surface area contributed by atoms with Crippen molar-refractivity contribution < 1.29 is 13.9 Å². The average Bonchev–Trinajstić information content (AvgIpc) is 3.49. The lowest BCUT2D eigenvalue weighted by Gasteiger charge is -2.34. The van der Waals surface area contributed by atoms with Crippen molar-refractivity contribution in [1.82, 2.24) is 34.3 Å². The van der Waals surface area contributed by atoms with Gasteiger partial charge in [-0.15, -0.1) is 0 Å². The van der Waals surface area contributed by atoms with Gasteiger partial charge < -0.3 is 5.11 Å². The number of aliphatic hydroxyl groups is 1. The summed E-state index contributed by atoms with van der Waals surface area (Å²) >= 11 is 0. The normalized spacial score (nSPS) is 14.2. The Morgan fingerprint density at radius 1 is 1.12 bits per heavy atom. The quantitative estimate of drug-likeness (QED) is 0.415. The molecule has 0 unspecified atom stereocenters. The van der Waals surface area contributed by atoms with Crippen LogP contribution in [-0.4, -0.2) is 39.4 Å². The van der Waals surface area contributed by atoms with E-state index in [4.69, 9.17) is 0 Å². The van der Waals surface area contributed by atoms with Gasteiger partial charge in [-0.1, -0.05) is 24.3 Å². The lowest BCUT2D eigenvalue weighted by atomic mass is 9.86. The smallest absolute Gasteiger partial charge is 0.295 e. The van der Waals surface area contributed by atoms with Crippen LogP contribution in [0.15, 0.2) is 78.4 Å². The summed E-state index contributed by atoms with van der Waals surface area (Å²) in [6.45, 7) is 1.26. The Morgan fingerprint density at radius 2 is 1.91 bits per heavy atom. The molecule has 2 aromatic carbocycles. The number of hydrogen-bond donors (Lipinski definition) is 1. The highest BCUT2D eigenvalue weighted by Gasteiger charge is 2.41. The number of rotatable bonds is 6. The molecule has 3 aromatic heterocycles. The minimum atomic E-state index is -2.03. The summed E-state index contributed by atoms with van der Waals surface area (Å²) in [4.78, 5) is 17.2. The fraction of sp³-hybridized carbons (Fsp3) is 0.174. The highest BCUT2D eigenvalue weighted by atomic mass is 19.1. The molecule has 1 N–H and O–H groups in total. The van der Waals surface area contributed by atoms with Crippen LogP contribution in [0, 0.1) is 11.6 Å². The van der Waals surface area contributed by atoms with Crippen molar-refractivity contribution in [1.29, 1.82) is 0 Å². The molecule has 9 nitrogen and oxygen atoms in total. The van der Waals surface area contributed by atoms with Crippen molar-refractivity contribution >= 4 is 10.9 Å². The Morgan fingerprint density at radius 3 is 2.62 bits per heavy atom. The molecule has 0 fully saturated rings. The molecule has 0 saturated heterocycles. The van der Waals surface area contributed by atoms with E-state index in [1.807, 2.05) is 30.3 Å². The largest absolute Gasteiger partial charge is 0.381 e. The molecule has 3 heterocycles. The third-order valence-corrected chi connectivity index (χ3v) is 5.82. The van der Waals surface area contributed by atoms with Gasteiger partial charge in [-0.25, -0.2) is 27.8 Å². The van der Waals surface area contributed by atoms with Crippen LogP contribution in [0.3, 0.4) is 0 Å². The topological polar surface area (TPSA) is 104 Å². The van der Waals surface area contributed by atoms with Crippen molar-refractivity contribution in [3.8, 4) is 5.69 Å². The SMILES string of the molecule is C[C@@H](n1ncc2cn(-c3ccccc3)nc2c1=O)[C@](O)(Cn1cncn1)c1ccc(F)cc1F. The molecule has 5 rings (SSSR count). The first kappa shape index (κ1) is 21.6. The molecule has 0 spiro atoms. The molecule has 34 heavy (non-hydrogen) atoms.